The molecule has 0 unspecified atom stereocenters. The van der Waals surface area contributed by atoms with Crippen LogP contribution in [-0.4, -0.2) is 44.3 Å². The molecule has 22 heavy (non-hydrogen) atoms. The molecule has 1 saturated heterocycles. The first-order valence-electron chi connectivity index (χ1n) is 7.62. The molecular formula is C16H22N2O3S. The van der Waals surface area contributed by atoms with Crippen LogP contribution < -0.4 is 0 Å². The van der Waals surface area contributed by atoms with E-state index in [9.17, 15) is 8.42 Å². The Balaban J connectivity index is 1.85. The molecule has 120 valence electrons. The van der Waals surface area contributed by atoms with Crippen LogP contribution in [0.25, 0.3) is 0 Å². The van der Waals surface area contributed by atoms with Gasteiger partial charge in [-0.1, -0.05) is 30.3 Å². The molecule has 0 radical (unpaired) electrons. The van der Waals surface area contributed by atoms with Crippen molar-refractivity contribution in [2.24, 2.45) is 0 Å². The molecule has 0 N–H and O–H groups in total. The molecule has 1 heterocycles. The van der Waals surface area contributed by atoms with E-state index in [4.69, 9.17) is 10.00 Å². The summed E-state index contributed by atoms with van der Waals surface area (Å²) in [6.07, 6.45) is 2.31. The third kappa shape index (κ3) is 5.09. The van der Waals surface area contributed by atoms with Gasteiger partial charge in [0.25, 0.3) is 0 Å². The highest BCUT2D eigenvalue weighted by atomic mass is 32.2. The number of hydrogen-bond acceptors (Lipinski definition) is 4. The molecule has 0 amide bonds. The fourth-order valence-corrected chi connectivity index (χ4v) is 4.07. The van der Waals surface area contributed by atoms with Gasteiger partial charge in [-0.25, -0.2) is 8.42 Å². The number of benzene rings is 1. The van der Waals surface area contributed by atoms with E-state index in [2.05, 4.69) is 12.1 Å². The second-order valence-electron chi connectivity index (χ2n) is 5.45. The van der Waals surface area contributed by atoms with Crippen molar-refractivity contribution in [3.05, 3.63) is 35.9 Å². The summed E-state index contributed by atoms with van der Waals surface area (Å²) in [6, 6.07) is 12.1. The lowest BCUT2D eigenvalue weighted by Crippen LogP contribution is -2.46. The van der Waals surface area contributed by atoms with Crippen LogP contribution in [0.15, 0.2) is 30.3 Å². The normalized spacial score (nSPS) is 19.7. The Kier molecular flexibility index (Phi) is 6.37. The van der Waals surface area contributed by atoms with Crippen molar-refractivity contribution < 1.29 is 13.2 Å². The minimum absolute atomic E-state index is 0.0476. The maximum atomic E-state index is 12.2. The largest absolute Gasteiger partial charge is 0.375 e. The summed E-state index contributed by atoms with van der Waals surface area (Å²) in [6.45, 7) is 1.27. The van der Waals surface area contributed by atoms with Gasteiger partial charge in [-0.3, -0.25) is 0 Å². The minimum Gasteiger partial charge on any atom is -0.375 e. The van der Waals surface area contributed by atoms with Crippen molar-refractivity contribution in [3.63, 3.8) is 0 Å². The topological polar surface area (TPSA) is 70.4 Å². The number of aryl methyl sites for hydroxylation is 1. The number of hydrogen-bond donors (Lipinski definition) is 0. The molecule has 0 saturated carbocycles. The van der Waals surface area contributed by atoms with Gasteiger partial charge in [-0.15, -0.1) is 0 Å². The van der Waals surface area contributed by atoms with E-state index >= 15 is 0 Å². The zero-order valence-electron chi connectivity index (χ0n) is 12.6. The Morgan fingerprint density at radius 2 is 2.09 bits per heavy atom. The van der Waals surface area contributed by atoms with Gasteiger partial charge in [-0.05, 0) is 24.8 Å². The number of nitrogens with zero attached hydrogens (tertiary/aromatic N) is 2. The summed E-state index contributed by atoms with van der Waals surface area (Å²) in [7, 11) is -3.27. The van der Waals surface area contributed by atoms with Crippen LogP contribution in [0.2, 0.25) is 0 Å². The lowest BCUT2D eigenvalue weighted by atomic mass is 10.1. The molecule has 1 aliphatic heterocycles. The van der Waals surface area contributed by atoms with E-state index in [-0.39, 0.29) is 18.3 Å². The molecule has 0 bridgehead atoms. The summed E-state index contributed by atoms with van der Waals surface area (Å²) < 4.78 is 31.7. The minimum atomic E-state index is -3.27. The lowest BCUT2D eigenvalue weighted by Gasteiger charge is -2.32. The van der Waals surface area contributed by atoms with Crippen LogP contribution in [0.4, 0.5) is 0 Å². The average Bonchev–Trinajstić information content (AvgIpc) is 2.54. The van der Waals surface area contributed by atoms with E-state index in [1.165, 1.54) is 9.87 Å². The number of nitriles is 1. The van der Waals surface area contributed by atoms with Crippen LogP contribution in [0.3, 0.4) is 0 Å². The molecule has 6 heteroatoms. The standard InChI is InChI=1S/C16H22N2O3S/c17-10-4-5-13-22(19,20)18-11-12-21-16(14-18)9-8-15-6-2-1-3-7-15/h1-3,6-7,16H,4-5,8-9,11-14H2/t16-/m0/s1. The van der Waals surface area contributed by atoms with Gasteiger partial charge in [-0.2, -0.15) is 9.57 Å². The lowest BCUT2D eigenvalue weighted by molar-refractivity contribution is -0.00525. The van der Waals surface area contributed by atoms with Crippen LogP contribution in [0.5, 0.6) is 0 Å². The molecule has 0 aromatic heterocycles. The quantitative estimate of drug-likeness (QED) is 0.720. The Morgan fingerprint density at radius 3 is 2.82 bits per heavy atom. The first-order chi connectivity index (χ1) is 10.6. The third-order valence-electron chi connectivity index (χ3n) is 3.78. The summed E-state index contributed by atoms with van der Waals surface area (Å²) in [5, 5.41) is 8.52. The van der Waals surface area contributed by atoms with Crippen molar-refractivity contribution in [3.8, 4) is 6.07 Å². The zero-order valence-corrected chi connectivity index (χ0v) is 13.5. The number of unbranched alkanes of at least 4 members (excludes halogenated alkanes) is 1. The van der Waals surface area contributed by atoms with Crippen molar-refractivity contribution in [1.29, 1.82) is 5.26 Å². The number of sulfonamides is 1. The molecule has 1 atom stereocenters. The summed E-state index contributed by atoms with van der Waals surface area (Å²) in [4.78, 5) is 0. The fraction of sp³-hybridized carbons (Fsp3) is 0.562. The predicted molar refractivity (Wildman–Crippen MR) is 84.7 cm³/mol. The first-order valence-corrected chi connectivity index (χ1v) is 9.23. The fourth-order valence-electron chi connectivity index (χ4n) is 2.55. The van der Waals surface area contributed by atoms with E-state index in [1.54, 1.807) is 0 Å². The van der Waals surface area contributed by atoms with Crippen LogP contribution >= 0.6 is 0 Å². The van der Waals surface area contributed by atoms with Crippen LogP contribution in [0, 0.1) is 11.3 Å². The SMILES string of the molecule is N#CCCCS(=O)(=O)N1CCO[C@@H](CCc2ccccc2)C1. The van der Waals surface area contributed by atoms with E-state index in [1.807, 2.05) is 24.3 Å². The smallest absolute Gasteiger partial charge is 0.214 e. The highest BCUT2D eigenvalue weighted by molar-refractivity contribution is 7.89. The van der Waals surface area contributed by atoms with Gasteiger partial charge in [0.2, 0.25) is 10.0 Å². The maximum absolute atomic E-state index is 12.2. The highest BCUT2D eigenvalue weighted by Gasteiger charge is 2.28. The molecule has 2 rings (SSSR count). The summed E-state index contributed by atoms with van der Waals surface area (Å²) in [5.41, 5.74) is 1.24. The van der Waals surface area contributed by atoms with Gasteiger partial charge < -0.3 is 4.74 Å². The van der Waals surface area contributed by atoms with Crippen molar-refractivity contribution in [1.82, 2.24) is 4.31 Å². The second-order valence-corrected chi connectivity index (χ2v) is 7.54. The van der Waals surface area contributed by atoms with Gasteiger partial charge in [0.05, 0.1) is 24.5 Å². The molecule has 0 spiro atoms. The Bertz CT molecular complexity index is 596. The highest BCUT2D eigenvalue weighted by Crippen LogP contribution is 2.16. The predicted octanol–water partition coefficient (Wildman–Crippen LogP) is 1.95. The third-order valence-corrected chi connectivity index (χ3v) is 5.71. The van der Waals surface area contributed by atoms with Crippen molar-refractivity contribution >= 4 is 10.0 Å². The van der Waals surface area contributed by atoms with Crippen molar-refractivity contribution in [2.75, 3.05) is 25.4 Å². The van der Waals surface area contributed by atoms with Gasteiger partial charge in [0, 0.05) is 19.5 Å². The number of rotatable bonds is 7. The van der Waals surface area contributed by atoms with Crippen molar-refractivity contribution in [2.45, 2.75) is 31.8 Å². The molecule has 1 aromatic carbocycles. The monoisotopic (exact) mass is 322 g/mol. The van der Waals surface area contributed by atoms with Gasteiger partial charge in [0.15, 0.2) is 0 Å². The van der Waals surface area contributed by atoms with E-state index < -0.39 is 10.0 Å². The molecule has 1 aliphatic rings. The molecular weight excluding hydrogens is 300 g/mol. The molecule has 1 fully saturated rings. The Hall–Kier alpha value is -1.42. The number of ether oxygens (including phenoxy) is 1. The van der Waals surface area contributed by atoms with Gasteiger partial charge >= 0.3 is 0 Å². The van der Waals surface area contributed by atoms with Crippen LogP contribution in [-0.2, 0) is 21.2 Å². The van der Waals surface area contributed by atoms with Crippen LogP contribution in [0.1, 0.15) is 24.8 Å². The van der Waals surface area contributed by atoms with E-state index in [0.29, 0.717) is 26.1 Å². The zero-order chi connectivity index (χ0) is 15.8. The summed E-state index contributed by atoms with van der Waals surface area (Å²) in [5.74, 6) is 0.0476. The second kappa shape index (κ2) is 8.28. The maximum Gasteiger partial charge on any atom is 0.214 e. The van der Waals surface area contributed by atoms with Gasteiger partial charge in [0.1, 0.15) is 0 Å². The molecule has 0 aliphatic carbocycles. The molecule has 1 aromatic rings. The average molecular weight is 322 g/mol. The first kappa shape index (κ1) is 16.9. The molecule has 5 nitrogen and oxygen atoms in total. The summed E-state index contributed by atoms with van der Waals surface area (Å²) >= 11 is 0. The Labute approximate surface area is 132 Å². The Morgan fingerprint density at radius 1 is 1.32 bits per heavy atom. The number of morpholine rings is 1. The van der Waals surface area contributed by atoms with E-state index in [0.717, 1.165) is 12.8 Å².